The second kappa shape index (κ2) is 3.44. The van der Waals surface area contributed by atoms with E-state index in [-0.39, 0.29) is 5.56 Å². The molecule has 1 atom stereocenters. The fraction of sp³-hybridized carbons (Fsp3) is 1.00. The van der Waals surface area contributed by atoms with Gasteiger partial charge in [-0.1, -0.05) is 11.6 Å². The molecule has 0 N–H and O–H groups in total. The Morgan fingerprint density at radius 1 is 1.83 bits per heavy atom. The molecule has 0 radical (unpaired) electrons. The van der Waals surface area contributed by atoms with Gasteiger partial charge in [-0.15, -0.1) is 0 Å². The van der Waals surface area contributed by atoms with E-state index in [9.17, 15) is 0 Å². The maximum absolute atomic E-state index is 5.36. The minimum atomic E-state index is -0.130. The van der Waals surface area contributed by atoms with Crippen LogP contribution in [-0.2, 0) is 4.74 Å². The number of halogens is 1. The van der Waals surface area contributed by atoms with Gasteiger partial charge in [-0.3, -0.25) is 0 Å². The SMILES string of the molecule is CCO[C@H](C)Cl. The lowest BCUT2D eigenvalue weighted by Gasteiger charge is -1.97. The van der Waals surface area contributed by atoms with Crippen LogP contribution in [0.3, 0.4) is 0 Å². The first-order valence-corrected chi connectivity index (χ1v) is 2.46. The summed E-state index contributed by atoms with van der Waals surface area (Å²) in [5.41, 5.74) is -0.130. The van der Waals surface area contributed by atoms with Crippen molar-refractivity contribution in [1.29, 1.82) is 0 Å². The van der Waals surface area contributed by atoms with E-state index in [1.54, 1.807) is 6.92 Å². The van der Waals surface area contributed by atoms with Crippen LogP contribution < -0.4 is 0 Å². The third-order valence-corrected chi connectivity index (χ3v) is 0.522. The monoisotopic (exact) mass is 108 g/mol. The van der Waals surface area contributed by atoms with E-state index in [2.05, 4.69) is 0 Å². The van der Waals surface area contributed by atoms with Gasteiger partial charge in [0.2, 0.25) is 0 Å². The lowest BCUT2D eigenvalue weighted by Crippen LogP contribution is -1.96. The lowest BCUT2D eigenvalue weighted by atomic mass is 10.8. The van der Waals surface area contributed by atoms with E-state index in [1.807, 2.05) is 6.92 Å². The van der Waals surface area contributed by atoms with Crippen LogP contribution in [0.1, 0.15) is 13.8 Å². The molecule has 0 fully saturated rings. The minimum absolute atomic E-state index is 0.130. The Balaban J connectivity index is 2.63. The Morgan fingerprint density at radius 3 is 2.33 bits per heavy atom. The summed E-state index contributed by atoms with van der Waals surface area (Å²) in [6.07, 6.45) is 0. The van der Waals surface area contributed by atoms with Crippen molar-refractivity contribution in [3.8, 4) is 0 Å². The molecule has 38 valence electrons. The summed E-state index contributed by atoms with van der Waals surface area (Å²) in [5, 5.41) is 0. The summed E-state index contributed by atoms with van der Waals surface area (Å²) in [7, 11) is 0. The molecule has 0 bridgehead atoms. The zero-order valence-corrected chi connectivity index (χ0v) is 4.83. The Kier molecular flexibility index (Phi) is 3.58. The first-order valence-electron chi connectivity index (χ1n) is 2.03. The highest BCUT2D eigenvalue weighted by Gasteiger charge is 1.86. The number of hydrogen-bond acceptors (Lipinski definition) is 1. The molecule has 0 rings (SSSR count). The van der Waals surface area contributed by atoms with Gasteiger partial charge in [-0.05, 0) is 13.8 Å². The summed E-state index contributed by atoms with van der Waals surface area (Å²) < 4.78 is 4.81. The molecular weight excluding hydrogens is 99.5 g/mol. The number of ether oxygens (including phenoxy) is 1. The van der Waals surface area contributed by atoms with Crippen LogP contribution in [0.5, 0.6) is 0 Å². The summed E-state index contributed by atoms with van der Waals surface area (Å²) in [6.45, 7) is 4.41. The van der Waals surface area contributed by atoms with Crippen LogP contribution in [-0.4, -0.2) is 12.2 Å². The molecular formula is C4H9ClO. The second-order valence-electron chi connectivity index (χ2n) is 0.998. The summed E-state index contributed by atoms with van der Waals surface area (Å²) in [5.74, 6) is 0. The molecule has 0 unspecified atom stereocenters. The molecule has 0 spiro atoms. The van der Waals surface area contributed by atoms with Gasteiger partial charge in [-0.2, -0.15) is 0 Å². The van der Waals surface area contributed by atoms with Crippen LogP contribution >= 0.6 is 11.6 Å². The van der Waals surface area contributed by atoms with Crippen molar-refractivity contribution in [1.82, 2.24) is 0 Å². The van der Waals surface area contributed by atoms with E-state index in [0.717, 1.165) is 0 Å². The Hall–Kier alpha value is 0.250. The van der Waals surface area contributed by atoms with Gasteiger partial charge in [0.25, 0.3) is 0 Å². The number of rotatable bonds is 2. The average molecular weight is 109 g/mol. The van der Waals surface area contributed by atoms with Crippen LogP contribution in [0.25, 0.3) is 0 Å². The van der Waals surface area contributed by atoms with Crippen molar-refractivity contribution in [2.24, 2.45) is 0 Å². The molecule has 0 saturated heterocycles. The molecule has 6 heavy (non-hydrogen) atoms. The van der Waals surface area contributed by atoms with Crippen LogP contribution in [0.2, 0.25) is 0 Å². The molecule has 0 aromatic rings. The summed E-state index contributed by atoms with van der Waals surface area (Å²) in [6, 6.07) is 0. The highest BCUT2D eigenvalue weighted by atomic mass is 35.5. The van der Waals surface area contributed by atoms with E-state index in [4.69, 9.17) is 16.3 Å². The second-order valence-corrected chi connectivity index (χ2v) is 1.61. The van der Waals surface area contributed by atoms with Gasteiger partial charge >= 0.3 is 0 Å². The molecule has 0 aliphatic heterocycles. The third kappa shape index (κ3) is 4.25. The quantitative estimate of drug-likeness (QED) is 0.489. The summed E-state index contributed by atoms with van der Waals surface area (Å²) in [4.78, 5) is 0. The van der Waals surface area contributed by atoms with Crippen molar-refractivity contribution >= 4 is 11.6 Å². The smallest absolute Gasteiger partial charge is 0.128 e. The van der Waals surface area contributed by atoms with Gasteiger partial charge < -0.3 is 4.74 Å². The zero-order valence-electron chi connectivity index (χ0n) is 4.07. The topological polar surface area (TPSA) is 9.23 Å². The Morgan fingerprint density at radius 2 is 2.33 bits per heavy atom. The largest absolute Gasteiger partial charge is 0.363 e. The fourth-order valence-corrected chi connectivity index (χ4v) is 0.356. The predicted octanol–water partition coefficient (Wildman–Crippen LogP) is 1.61. The Bertz CT molecular complexity index is 28.7. The molecule has 0 aliphatic carbocycles. The fourth-order valence-electron chi connectivity index (χ4n) is 0.230. The van der Waals surface area contributed by atoms with Crippen molar-refractivity contribution in [2.45, 2.75) is 19.4 Å². The van der Waals surface area contributed by atoms with E-state index >= 15 is 0 Å². The molecule has 0 aromatic heterocycles. The minimum Gasteiger partial charge on any atom is -0.363 e. The molecule has 0 aromatic carbocycles. The lowest BCUT2D eigenvalue weighted by molar-refractivity contribution is 0.132. The normalized spacial score (nSPS) is 14.5. The maximum Gasteiger partial charge on any atom is 0.128 e. The van der Waals surface area contributed by atoms with Gasteiger partial charge in [0.15, 0.2) is 0 Å². The van der Waals surface area contributed by atoms with E-state index in [1.165, 1.54) is 0 Å². The first kappa shape index (κ1) is 6.25. The van der Waals surface area contributed by atoms with E-state index in [0.29, 0.717) is 6.61 Å². The molecule has 0 amide bonds. The maximum atomic E-state index is 5.36. The average Bonchev–Trinajstić information content (AvgIpc) is 1.35. The molecule has 0 heterocycles. The molecule has 0 aliphatic rings. The zero-order chi connectivity index (χ0) is 4.99. The first-order chi connectivity index (χ1) is 2.77. The van der Waals surface area contributed by atoms with Crippen LogP contribution in [0.15, 0.2) is 0 Å². The van der Waals surface area contributed by atoms with Crippen molar-refractivity contribution in [2.75, 3.05) is 6.61 Å². The predicted molar refractivity (Wildman–Crippen MR) is 26.9 cm³/mol. The van der Waals surface area contributed by atoms with Crippen LogP contribution in [0.4, 0.5) is 0 Å². The standard InChI is InChI=1S/C4H9ClO/c1-3-6-4(2)5/h4H,3H2,1-2H3/t4-/m1/s1. The summed E-state index contributed by atoms with van der Waals surface area (Å²) >= 11 is 5.36. The van der Waals surface area contributed by atoms with E-state index < -0.39 is 0 Å². The highest BCUT2D eigenvalue weighted by Crippen LogP contribution is 1.92. The highest BCUT2D eigenvalue weighted by molar-refractivity contribution is 6.19. The van der Waals surface area contributed by atoms with Gasteiger partial charge in [0.05, 0.1) is 0 Å². The van der Waals surface area contributed by atoms with Crippen molar-refractivity contribution in [3.05, 3.63) is 0 Å². The van der Waals surface area contributed by atoms with Crippen LogP contribution in [0, 0.1) is 0 Å². The van der Waals surface area contributed by atoms with Crippen molar-refractivity contribution < 1.29 is 4.74 Å². The molecule has 0 saturated carbocycles. The molecule has 2 heteroatoms. The van der Waals surface area contributed by atoms with Gasteiger partial charge in [0.1, 0.15) is 5.56 Å². The number of hydrogen-bond donors (Lipinski definition) is 0. The third-order valence-electron chi connectivity index (χ3n) is 0.396. The van der Waals surface area contributed by atoms with Crippen molar-refractivity contribution in [3.63, 3.8) is 0 Å². The number of alkyl halides is 1. The molecule has 1 nitrogen and oxygen atoms in total. The van der Waals surface area contributed by atoms with Gasteiger partial charge in [0, 0.05) is 6.61 Å². The van der Waals surface area contributed by atoms with Gasteiger partial charge in [-0.25, -0.2) is 0 Å². The Labute approximate surface area is 43.3 Å².